The van der Waals surface area contributed by atoms with Gasteiger partial charge in [-0.2, -0.15) is 0 Å². The quantitative estimate of drug-likeness (QED) is 0.796. The van der Waals surface area contributed by atoms with Crippen LogP contribution in [-0.4, -0.2) is 25.0 Å². The Morgan fingerprint density at radius 3 is 2.69 bits per heavy atom. The molecule has 1 aliphatic heterocycles. The highest BCUT2D eigenvalue weighted by Gasteiger charge is 2.20. The third-order valence-electron chi connectivity index (χ3n) is 2.77. The van der Waals surface area contributed by atoms with Crippen LogP contribution in [-0.2, 0) is 11.2 Å². The van der Waals surface area contributed by atoms with Crippen molar-refractivity contribution in [3.63, 3.8) is 0 Å². The van der Waals surface area contributed by atoms with Crippen molar-refractivity contribution in [1.82, 2.24) is 10.6 Å². The van der Waals surface area contributed by atoms with Crippen molar-refractivity contribution in [2.45, 2.75) is 18.9 Å². The zero-order valence-corrected chi connectivity index (χ0v) is 9.00. The van der Waals surface area contributed by atoms with Gasteiger partial charge in [-0.1, -0.05) is 12.1 Å². The maximum Gasteiger partial charge on any atom is 0.237 e. The molecule has 4 heteroatoms. The van der Waals surface area contributed by atoms with E-state index in [1.54, 1.807) is 12.1 Å². The number of amides is 1. The average molecular weight is 222 g/mol. The highest BCUT2D eigenvalue weighted by Crippen LogP contribution is 2.08. The molecule has 2 N–H and O–H groups in total. The van der Waals surface area contributed by atoms with Gasteiger partial charge in [-0.05, 0) is 30.5 Å². The third kappa shape index (κ3) is 2.79. The molecule has 16 heavy (non-hydrogen) atoms. The second-order valence-electron chi connectivity index (χ2n) is 3.96. The molecule has 0 radical (unpaired) electrons. The molecule has 0 saturated carbocycles. The number of rotatable bonds is 3. The van der Waals surface area contributed by atoms with Crippen LogP contribution >= 0.6 is 0 Å². The van der Waals surface area contributed by atoms with Gasteiger partial charge in [0.05, 0.1) is 6.04 Å². The van der Waals surface area contributed by atoms with E-state index in [0.717, 1.165) is 24.9 Å². The number of carbonyl (C=O) groups excluding carboxylic acids is 1. The maximum absolute atomic E-state index is 12.7. The van der Waals surface area contributed by atoms with Crippen LogP contribution in [0.2, 0.25) is 0 Å². The zero-order valence-electron chi connectivity index (χ0n) is 9.00. The van der Waals surface area contributed by atoms with Crippen molar-refractivity contribution in [3.8, 4) is 0 Å². The molecule has 0 aliphatic carbocycles. The Hall–Kier alpha value is -1.42. The number of hydrogen-bond donors (Lipinski definition) is 2. The van der Waals surface area contributed by atoms with Crippen molar-refractivity contribution in [2.75, 3.05) is 13.1 Å². The Balaban J connectivity index is 1.86. The number of halogens is 1. The lowest BCUT2D eigenvalue weighted by Crippen LogP contribution is -2.52. The fraction of sp³-hybridized carbons (Fsp3) is 0.417. The number of hydrogen-bond acceptors (Lipinski definition) is 2. The van der Waals surface area contributed by atoms with Gasteiger partial charge in [-0.15, -0.1) is 0 Å². The van der Waals surface area contributed by atoms with Crippen LogP contribution in [0.5, 0.6) is 0 Å². The van der Waals surface area contributed by atoms with E-state index < -0.39 is 0 Å². The smallest absolute Gasteiger partial charge is 0.237 e. The second-order valence-corrected chi connectivity index (χ2v) is 3.96. The summed E-state index contributed by atoms with van der Waals surface area (Å²) in [7, 11) is 0. The SMILES string of the molecule is O=C1NCCNC1CCc1ccc(F)cc1. The van der Waals surface area contributed by atoms with Crippen molar-refractivity contribution >= 4 is 5.91 Å². The van der Waals surface area contributed by atoms with Crippen LogP contribution in [0.1, 0.15) is 12.0 Å². The second kappa shape index (κ2) is 5.07. The predicted molar refractivity (Wildman–Crippen MR) is 59.5 cm³/mol. The summed E-state index contributed by atoms with van der Waals surface area (Å²) in [6.45, 7) is 1.52. The molecule has 1 fully saturated rings. The van der Waals surface area contributed by atoms with Crippen LogP contribution in [0.3, 0.4) is 0 Å². The topological polar surface area (TPSA) is 41.1 Å². The van der Waals surface area contributed by atoms with E-state index >= 15 is 0 Å². The molecular weight excluding hydrogens is 207 g/mol. The molecule has 3 nitrogen and oxygen atoms in total. The number of benzene rings is 1. The molecule has 86 valence electrons. The molecule has 1 heterocycles. The minimum atomic E-state index is -0.225. The molecular formula is C12H15FN2O. The van der Waals surface area contributed by atoms with E-state index in [9.17, 15) is 9.18 Å². The molecule has 1 saturated heterocycles. The minimum Gasteiger partial charge on any atom is -0.353 e. The van der Waals surface area contributed by atoms with Gasteiger partial charge in [0.1, 0.15) is 5.82 Å². The summed E-state index contributed by atoms with van der Waals surface area (Å²) in [5.74, 6) is -0.161. The molecule has 1 aliphatic rings. The van der Waals surface area contributed by atoms with E-state index in [1.807, 2.05) is 0 Å². The summed E-state index contributed by atoms with van der Waals surface area (Å²) in [5, 5.41) is 5.98. The highest BCUT2D eigenvalue weighted by atomic mass is 19.1. The molecule has 0 spiro atoms. The summed E-state index contributed by atoms with van der Waals surface area (Å²) in [4.78, 5) is 11.4. The van der Waals surface area contributed by atoms with Gasteiger partial charge in [-0.3, -0.25) is 4.79 Å². The first-order valence-electron chi connectivity index (χ1n) is 5.51. The number of nitrogens with one attached hydrogen (secondary N) is 2. The van der Waals surface area contributed by atoms with E-state index in [1.165, 1.54) is 12.1 Å². The lowest BCUT2D eigenvalue weighted by atomic mass is 10.0. The Bertz CT molecular complexity index is 364. The molecule has 1 aromatic carbocycles. The lowest BCUT2D eigenvalue weighted by Gasteiger charge is -2.23. The fourth-order valence-electron chi connectivity index (χ4n) is 1.84. The first-order chi connectivity index (χ1) is 7.75. The van der Waals surface area contributed by atoms with Crippen molar-refractivity contribution in [2.24, 2.45) is 0 Å². The van der Waals surface area contributed by atoms with Crippen LogP contribution in [0.15, 0.2) is 24.3 Å². The van der Waals surface area contributed by atoms with Crippen LogP contribution in [0.4, 0.5) is 4.39 Å². The number of aryl methyl sites for hydroxylation is 1. The van der Waals surface area contributed by atoms with Gasteiger partial charge in [0, 0.05) is 13.1 Å². The van der Waals surface area contributed by atoms with Gasteiger partial charge < -0.3 is 10.6 Å². The predicted octanol–water partition coefficient (Wildman–Crippen LogP) is 0.846. The lowest BCUT2D eigenvalue weighted by molar-refractivity contribution is -0.124. The van der Waals surface area contributed by atoms with E-state index in [2.05, 4.69) is 10.6 Å². The van der Waals surface area contributed by atoms with Crippen molar-refractivity contribution < 1.29 is 9.18 Å². The molecule has 0 aromatic heterocycles. The Kier molecular flexibility index (Phi) is 3.51. The van der Waals surface area contributed by atoms with Crippen LogP contribution in [0, 0.1) is 5.82 Å². The Labute approximate surface area is 94.0 Å². The normalized spacial score (nSPS) is 20.6. The van der Waals surface area contributed by atoms with E-state index in [0.29, 0.717) is 6.54 Å². The monoisotopic (exact) mass is 222 g/mol. The standard InChI is InChI=1S/C12H15FN2O/c13-10-4-1-9(2-5-10)3-6-11-12(16)15-8-7-14-11/h1-2,4-5,11,14H,3,6-8H2,(H,15,16). The fourth-order valence-corrected chi connectivity index (χ4v) is 1.84. The van der Waals surface area contributed by atoms with Gasteiger partial charge >= 0.3 is 0 Å². The highest BCUT2D eigenvalue weighted by molar-refractivity contribution is 5.82. The molecule has 2 rings (SSSR count). The summed E-state index contributed by atoms with van der Waals surface area (Å²) in [5.41, 5.74) is 1.06. The van der Waals surface area contributed by atoms with Crippen molar-refractivity contribution in [3.05, 3.63) is 35.6 Å². The summed E-state index contributed by atoms with van der Waals surface area (Å²) >= 11 is 0. The third-order valence-corrected chi connectivity index (χ3v) is 2.77. The maximum atomic E-state index is 12.7. The van der Waals surface area contributed by atoms with E-state index in [4.69, 9.17) is 0 Å². The van der Waals surface area contributed by atoms with E-state index in [-0.39, 0.29) is 17.8 Å². The molecule has 1 amide bonds. The molecule has 0 bridgehead atoms. The molecule has 1 unspecified atom stereocenters. The van der Waals surface area contributed by atoms with Gasteiger partial charge in [-0.25, -0.2) is 4.39 Å². The van der Waals surface area contributed by atoms with Gasteiger partial charge in [0.25, 0.3) is 0 Å². The van der Waals surface area contributed by atoms with Gasteiger partial charge in [0.2, 0.25) is 5.91 Å². The average Bonchev–Trinajstić information content (AvgIpc) is 2.30. The number of piperazine rings is 1. The molecule has 1 atom stereocenters. The Morgan fingerprint density at radius 1 is 1.25 bits per heavy atom. The summed E-state index contributed by atoms with van der Waals surface area (Å²) in [6.07, 6.45) is 1.53. The summed E-state index contributed by atoms with van der Waals surface area (Å²) < 4.78 is 12.7. The number of carbonyl (C=O) groups is 1. The largest absolute Gasteiger partial charge is 0.353 e. The first kappa shape index (κ1) is 11.1. The zero-order chi connectivity index (χ0) is 11.4. The van der Waals surface area contributed by atoms with Crippen LogP contribution in [0.25, 0.3) is 0 Å². The Morgan fingerprint density at radius 2 is 2.00 bits per heavy atom. The summed E-state index contributed by atoms with van der Waals surface area (Å²) in [6, 6.07) is 6.30. The first-order valence-corrected chi connectivity index (χ1v) is 5.51. The van der Waals surface area contributed by atoms with Gasteiger partial charge in [0.15, 0.2) is 0 Å². The minimum absolute atomic E-state index is 0.0633. The van der Waals surface area contributed by atoms with Crippen LogP contribution < -0.4 is 10.6 Å². The molecule has 1 aromatic rings. The van der Waals surface area contributed by atoms with Crippen molar-refractivity contribution in [1.29, 1.82) is 0 Å².